The minimum Gasteiger partial charge on any atom is -0.344 e. The molecular weight excluding hydrogens is 354 g/mol. The second kappa shape index (κ2) is 10.0. The first-order chi connectivity index (χ1) is 13.2. The normalized spacial score (nSPS) is 22.2. The number of hydrazine groups is 1. The molecule has 2 aliphatic heterocycles. The lowest BCUT2D eigenvalue weighted by Crippen LogP contribution is -2.55. The van der Waals surface area contributed by atoms with Crippen molar-refractivity contribution >= 4 is 11.8 Å². The van der Waals surface area contributed by atoms with Gasteiger partial charge in [-0.1, -0.05) is 20.8 Å². The van der Waals surface area contributed by atoms with Crippen LogP contribution in [-0.2, 0) is 9.59 Å². The minimum atomic E-state index is -0.464. The monoisotopic (exact) mass is 395 g/mol. The zero-order valence-corrected chi connectivity index (χ0v) is 18.8. The Labute approximate surface area is 171 Å². The molecule has 2 heterocycles. The van der Waals surface area contributed by atoms with E-state index in [1.807, 2.05) is 25.7 Å². The second-order valence-corrected chi connectivity index (χ2v) is 9.17. The van der Waals surface area contributed by atoms with Gasteiger partial charge in [-0.05, 0) is 46.2 Å². The number of carbonyl (C=O) groups excluding carboxylic acids is 2. The van der Waals surface area contributed by atoms with Crippen molar-refractivity contribution in [3.63, 3.8) is 0 Å². The highest BCUT2D eigenvalue weighted by atomic mass is 16.2. The Bertz CT molecular complexity index is 531. The SMILES string of the molecule is CCC(C)(C)C(=O)NC(C)C(=O)N1CCC(N(C)N2CCCN(C)CC2)CC1. The summed E-state index contributed by atoms with van der Waals surface area (Å²) in [4.78, 5) is 29.5. The molecule has 2 fully saturated rings. The summed E-state index contributed by atoms with van der Waals surface area (Å²) in [5.74, 6) is -0.00523. The minimum absolute atomic E-state index is 0.0396. The van der Waals surface area contributed by atoms with Gasteiger partial charge in [-0.15, -0.1) is 0 Å². The van der Waals surface area contributed by atoms with Gasteiger partial charge in [-0.2, -0.15) is 0 Å². The molecule has 0 aromatic rings. The maximum Gasteiger partial charge on any atom is 0.244 e. The van der Waals surface area contributed by atoms with Crippen LogP contribution >= 0.6 is 0 Å². The van der Waals surface area contributed by atoms with E-state index in [1.165, 1.54) is 6.42 Å². The van der Waals surface area contributed by atoms with Gasteiger partial charge in [0.1, 0.15) is 6.04 Å². The number of likely N-dealkylation sites (N-methyl/N-ethyl adjacent to an activating group) is 1. The number of piperidine rings is 1. The van der Waals surface area contributed by atoms with Crippen LogP contribution in [0.5, 0.6) is 0 Å². The maximum absolute atomic E-state index is 12.8. The van der Waals surface area contributed by atoms with Crippen molar-refractivity contribution in [2.75, 3.05) is 53.4 Å². The molecule has 0 spiro atoms. The molecule has 0 radical (unpaired) electrons. The first-order valence-corrected chi connectivity index (χ1v) is 10.9. The van der Waals surface area contributed by atoms with Gasteiger partial charge < -0.3 is 15.1 Å². The Balaban J connectivity index is 1.82. The summed E-state index contributed by atoms with van der Waals surface area (Å²) in [5, 5.41) is 7.80. The van der Waals surface area contributed by atoms with Gasteiger partial charge >= 0.3 is 0 Å². The Morgan fingerprint density at radius 1 is 1.11 bits per heavy atom. The molecule has 1 atom stereocenters. The number of nitrogens with one attached hydrogen (secondary N) is 1. The van der Waals surface area contributed by atoms with E-state index in [-0.39, 0.29) is 11.8 Å². The Morgan fingerprint density at radius 3 is 2.36 bits per heavy atom. The van der Waals surface area contributed by atoms with Crippen LogP contribution in [0.25, 0.3) is 0 Å². The molecule has 1 N–H and O–H groups in total. The lowest BCUT2D eigenvalue weighted by atomic mass is 9.89. The topological polar surface area (TPSA) is 59.1 Å². The van der Waals surface area contributed by atoms with Crippen molar-refractivity contribution < 1.29 is 9.59 Å². The van der Waals surface area contributed by atoms with Crippen LogP contribution in [-0.4, -0.2) is 97.1 Å². The molecule has 7 heteroatoms. The smallest absolute Gasteiger partial charge is 0.244 e. The summed E-state index contributed by atoms with van der Waals surface area (Å²) < 4.78 is 0. The number of hydrogen-bond acceptors (Lipinski definition) is 5. The van der Waals surface area contributed by atoms with Crippen LogP contribution < -0.4 is 5.32 Å². The number of rotatable bonds is 6. The number of hydrogen-bond donors (Lipinski definition) is 1. The number of amides is 2. The molecular formula is C21H41N5O2. The second-order valence-electron chi connectivity index (χ2n) is 9.17. The van der Waals surface area contributed by atoms with Crippen LogP contribution in [0, 0.1) is 5.41 Å². The number of nitrogens with zero attached hydrogens (tertiary/aromatic N) is 4. The fraction of sp³-hybridized carbons (Fsp3) is 0.905. The predicted octanol–water partition coefficient (Wildman–Crippen LogP) is 1.40. The average molecular weight is 396 g/mol. The van der Waals surface area contributed by atoms with Crippen molar-refractivity contribution in [2.24, 2.45) is 5.41 Å². The van der Waals surface area contributed by atoms with E-state index in [4.69, 9.17) is 0 Å². The van der Waals surface area contributed by atoms with E-state index in [0.29, 0.717) is 6.04 Å². The lowest BCUT2D eigenvalue weighted by Gasteiger charge is -2.42. The van der Waals surface area contributed by atoms with Crippen LogP contribution in [0.3, 0.4) is 0 Å². The highest BCUT2D eigenvalue weighted by Gasteiger charge is 2.32. The van der Waals surface area contributed by atoms with Crippen LogP contribution in [0.4, 0.5) is 0 Å². The van der Waals surface area contributed by atoms with Gasteiger partial charge in [0.2, 0.25) is 11.8 Å². The Kier molecular flexibility index (Phi) is 8.28. The van der Waals surface area contributed by atoms with E-state index in [1.54, 1.807) is 6.92 Å². The van der Waals surface area contributed by atoms with E-state index < -0.39 is 11.5 Å². The fourth-order valence-corrected chi connectivity index (χ4v) is 3.93. The predicted molar refractivity (Wildman–Crippen MR) is 113 cm³/mol. The molecule has 2 rings (SSSR count). The molecule has 0 aromatic carbocycles. The van der Waals surface area contributed by atoms with Gasteiger partial charge in [0, 0.05) is 51.2 Å². The van der Waals surface area contributed by atoms with E-state index in [9.17, 15) is 9.59 Å². The largest absolute Gasteiger partial charge is 0.344 e. The number of carbonyl (C=O) groups is 2. The molecule has 2 aliphatic rings. The highest BCUT2D eigenvalue weighted by molar-refractivity contribution is 5.89. The zero-order valence-electron chi connectivity index (χ0n) is 18.8. The van der Waals surface area contributed by atoms with Crippen molar-refractivity contribution in [1.29, 1.82) is 0 Å². The molecule has 7 nitrogen and oxygen atoms in total. The molecule has 28 heavy (non-hydrogen) atoms. The molecule has 1 unspecified atom stereocenters. The first-order valence-electron chi connectivity index (χ1n) is 10.9. The summed E-state index contributed by atoms with van der Waals surface area (Å²) in [7, 11) is 4.39. The summed E-state index contributed by atoms with van der Waals surface area (Å²) >= 11 is 0. The summed E-state index contributed by atoms with van der Waals surface area (Å²) in [6.45, 7) is 13.6. The Morgan fingerprint density at radius 2 is 1.75 bits per heavy atom. The van der Waals surface area contributed by atoms with Gasteiger partial charge in [-0.25, -0.2) is 10.0 Å². The van der Waals surface area contributed by atoms with Gasteiger partial charge in [0.25, 0.3) is 0 Å². The molecule has 162 valence electrons. The van der Waals surface area contributed by atoms with Crippen molar-refractivity contribution in [2.45, 2.75) is 65.5 Å². The van der Waals surface area contributed by atoms with Gasteiger partial charge in [-0.3, -0.25) is 9.59 Å². The van der Waals surface area contributed by atoms with Crippen LogP contribution in [0.1, 0.15) is 53.4 Å². The molecule has 2 amide bonds. The first kappa shape index (κ1) is 23.1. The fourth-order valence-electron chi connectivity index (χ4n) is 3.93. The van der Waals surface area contributed by atoms with Gasteiger partial charge in [0.15, 0.2) is 0 Å². The lowest BCUT2D eigenvalue weighted by molar-refractivity contribution is -0.140. The van der Waals surface area contributed by atoms with Crippen molar-refractivity contribution in [3.05, 3.63) is 0 Å². The van der Waals surface area contributed by atoms with E-state index in [0.717, 1.165) is 58.5 Å². The number of likely N-dealkylation sites (tertiary alicyclic amines) is 1. The average Bonchev–Trinajstić information content (AvgIpc) is 2.91. The zero-order chi connectivity index (χ0) is 20.9. The summed E-state index contributed by atoms with van der Waals surface area (Å²) in [6, 6.07) is 0.0186. The van der Waals surface area contributed by atoms with Gasteiger partial charge in [0.05, 0.1) is 0 Å². The third-order valence-electron chi connectivity index (χ3n) is 6.66. The third-order valence-corrected chi connectivity index (χ3v) is 6.66. The molecule has 0 bridgehead atoms. The van der Waals surface area contributed by atoms with Crippen molar-refractivity contribution in [3.8, 4) is 0 Å². The Hall–Kier alpha value is -1.18. The molecule has 0 saturated carbocycles. The van der Waals surface area contributed by atoms with Crippen LogP contribution in [0.15, 0.2) is 0 Å². The third kappa shape index (κ3) is 5.91. The highest BCUT2D eigenvalue weighted by Crippen LogP contribution is 2.21. The van der Waals surface area contributed by atoms with Crippen molar-refractivity contribution in [1.82, 2.24) is 25.1 Å². The molecule has 0 aromatic heterocycles. The summed E-state index contributed by atoms with van der Waals surface area (Å²) in [5.41, 5.74) is -0.439. The summed E-state index contributed by atoms with van der Waals surface area (Å²) in [6.07, 6.45) is 3.92. The molecule has 2 saturated heterocycles. The quantitative estimate of drug-likeness (QED) is 0.737. The standard InChI is InChI=1S/C21H41N5O2/c1-7-21(3,4)20(28)22-17(2)19(27)25-13-9-18(10-14-25)24(6)26-12-8-11-23(5)15-16-26/h17-18H,7-16H2,1-6H3,(H,22,28). The van der Waals surface area contributed by atoms with E-state index >= 15 is 0 Å². The van der Waals surface area contributed by atoms with E-state index in [2.05, 4.69) is 34.3 Å². The van der Waals surface area contributed by atoms with Crippen LogP contribution in [0.2, 0.25) is 0 Å². The molecule has 0 aliphatic carbocycles. The maximum atomic E-state index is 12.8.